The van der Waals surface area contributed by atoms with Crippen molar-refractivity contribution < 1.29 is 174 Å². The van der Waals surface area contributed by atoms with E-state index in [2.05, 4.69) is 0 Å². The van der Waals surface area contributed by atoms with Crippen molar-refractivity contribution in [3.8, 4) is 0 Å². The predicted molar refractivity (Wildman–Crippen MR) is 228 cm³/mol. The fourth-order valence-electron chi connectivity index (χ4n) is 10.4. The summed E-state index contributed by atoms with van der Waals surface area (Å²) in [5, 5.41) is 230. The maximum atomic E-state index is 11.3. The molecule has 0 saturated carbocycles. The average molecular weight is 1130 g/mol. The second-order valence-corrected chi connectivity index (χ2v) is 19.7. The van der Waals surface area contributed by atoms with E-state index in [1.807, 2.05) is 0 Å². The van der Waals surface area contributed by atoms with E-state index in [4.69, 9.17) is 66.3 Å². The summed E-state index contributed by atoms with van der Waals surface area (Å²) in [5.74, 6) is 0. The van der Waals surface area contributed by atoms with Gasteiger partial charge in [0, 0.05) is 0 Å². The van der Waals surface area contributed by atoms with Crippen molar-refractivity contribution in [1.82, 2.24) is 0 Å². The lowest BCUT2D eigenvalue weighted by molar-refractivity contribution is -0.396. The van der Waals surface area contributed by atoms with Crippen LogP contribution in [0.1, 0.15) is 0 Å². The van der Waals surface area contributed by atoms with Crippen molar-refractivity contribution in [2.45, 2.75) is 215 Å². The number of ether oxygens (including phenoxy) is 14. The van der Waals surface area contributed by atoms with E-state index in [0.717, 1.165) is 0 Å². The maximum absolute atomic E-state index is 11.3. The van der Waals surface area contributed by atoms with E-state index in [9.17, 15) is 107 Å². The van der Waals surface area contributed by atoms with Gasteiger partial charge in [-0.15, -0.1) is 0 Å². The molecule has 14 bridgehead atoms. The number of aliphatic hydroxyl groups excluding tert-OH is 21. The molecule has 21 aliphatic heterocycles. The second kappa shape index (κ2) is 26.0. The molecule has 35 nitrogen and oxygen atoms in total. The molecule has 77 heavy (non-hydrogen) atoms. The van der Waals surface area contributed by atoms with Gasteiger partial charge in [0.05, 0.1) is 46.2 Å². The molecular formula is C42H70O35. The van der Waals surface area contributed by atoms with Crippen LogP contribution in [0.5, 0.6) is 0 Å². The summed E-state index contributed by atoms with van der Waals surface area (Å²) < 4.78 is 79.5. The molecule has 21 saturated heterocycles. The molecule has 21 aliphatic rings. The van der Waals surface area contributed by atoms with Crippen molar-refractivity contribution in [2.75, 3.05) is 46.2 Å². The average Bonchev–Trinajstić information content (AvgIpc) is 3.47. The Morgan fingerprint density at radius 3 is 0.351 bits per heavy atom. The molecule has 0 aromatic rings. The molecule has 0 amide bonds. The minimum atomic E-state index is -2.21. The van der Waals surface area contributed by atoms with E-state index in [0.29, 0.717) is 0 Å². The summed E-state index contributed by atoms with van der Waals surface area (Å²) >= 11 is 0. The first-order chi connectivity index (χ1) is 36.7. The Morgan fingerprint density at radius 1 is 0.156 bits per heavy atom. The molecular weight excluding hydrogens is 1060 g/mol. The van der Waals surface area contributed by atoms with Crippen molar-refractivity contribution in [1.29, 1.82) is 0 Å². The summed E-state index contributed by atoms with van der Waals surface area (Å²) in [4.78, 5) is 0. The first kappa shape index (κ1) is 61.7. The number of hydrogen-bond acceptors (Lipinski definition) is 35. The van der Waals surface area contributed by atoms with Gasteiger partial charge in [0.1, 0.15) is 171 Å². The molecule has 35 atom stereocenters. The topological polar surface area (TPSA) is 554 Å². The molecule has 21 N–H and O–H groups in total. The van der Waals surface area contributed by atoms with Gasteiger partial charge in [0.25, 0.3) is 0 Å². The Balaban J connectivity index is 1.08. The van der Waals surface area contributed by atoms with Crippen molar-refractivity contribution >= 4 is 0 Å². The Kier molecular flexibility index (Phi) is 20.8. The first-order valence-corrected chi connectivity index (χ1v) is 24.6. The molecule has 0 aliphatic carbocycles. The summed E-state index contributed by atoms with van der Waals surface area (Å²) in [6.45, 7) is -7.33. The van der Waals surface area contributed by atoms with Crippen LogP contribution in [0.3, 0.4) is 0 Å². The van der Waals surface area contributed by atoms with Crippen LogP contribution in [0.2, 0.25) is 0 Å². The molecule has 21 rings (SSSR count). The van der Waals surface area contributed by atoms with Gasteiger partial charge in [-0.2, -0.15) is 0 Å². The lowest BCUT2D eigenvalue weighted by Crippen LogP contribution is -2.68. The normalized spacial score (nSPS) is 55.4. The largest absolute Gasteiger partial charge is 0.394 e. The highest BCUT2D eigenvalue weighted by Crippen LogP contribution is 2.39. The zero-order chi connectivity index (χ0) is 56.1. The molecule has 14 unspecified atom stereocenters. The molecule has 0 aromatic heterocycles. The third kappa shape index (κ3) is 12.1. The van der Waals surface area contributed by atoms with Gasteiger partial charge in [0.15, 0.2) is 44.0 Å². The highest BCUT2D eigenvalue weighted by molar-refractivity contribution is 5.01. The summed E-state index contributed by atoms with van der Waals surface area (Å²) in [6.07, 6.45) is -70.2. The van der Waals surface area contributed by atoms with E-state index in [1.54, 1.807) is 0 Å². The van der Waals surface area contributed by atoms with Gasteiger partial charge in [0.2, 0.25) is 0 Å². The van der Waals surface area contributed by atoms with E-state index >= 15 is 0 Å². The third-order valence-electron chi connectivity index (χ3n) is 14.8. The van der Waals surface area contributed by atoms with Crippen LogP contribution in [0.25, 0.3) is 0 Å². The van der Waals surface area contributed by atoms with Crippen LogP contribution < -0.4 is 0 Å². The highest BCUT2D eigenvalue weighted by Gasteiger charge is 2.59. The molecule has 35 heteroatoms. The van der Waals surface area contributed by atoms with Gasteiger partial charge in [-0.05, 0) is 0 Å². The van der Waals surface area contributed by atoms with Gasteiger partial charge < -0.3 is 174 Å². The lowest BCUT2D eigenvalue weighted by Gasteiger charge is -2.50. The summed E-state index contributed by atoms with van der Waals surface area (Å²) in [6, 6.07) is 0. The van der Waals surface area contributed by atoms with Crippen LogP contribution in [-0.2, 0) is 66.3 Å². The maximum Gasteiger partial charge on any atom is 0.187 e. The molecule has 0 aromatic carbocycles. The minimum Gasteiger partial charge on any atom is -0.394 e. The Hall–Kier alpha value is -1.40. The number of hydrogen-bond donors (Lipinski definition) is 21. The SMILES string of the molecule is OCC1O[C@@H]2O[C@@H]3C(CO)O[C@H](O[C@@H]4C(CO)O[C@H](O[C@@H]5C(CO)O[C@H](O[C@@H]6C(CO)O[C@H](O[C@@H]7C(CO)O[C@H](O[C@@H]8C(CO)O[C@H](O[C@H]1C(O)[C@H]2O)C(O)[C@H]8O)C(O)[C@H]7O)[C@H](O)C6O)[C@H](O)C5O)[C@H](O)C4O)[C@H](O)C3O. The van der Waals surface area contributed by atoms with Crippen LogP contribution in [0.4, 0.5) is 0 Å². The zero-order valence-electron chi connectivity index (χ0n) is 40.3. The molecule has 0 radical (unpaired) electrons. The van der Waals surface area contributed by atoms with Gasteiger partial charge >= 0.3 is 0 Å². The van der Waals surface area contributed by atoms with Crippen LogP contribution in [-0.4, -0.2) is 368 Å². The van der Waals surface area contributed by atoms with Crippen molar-refractivity contribution in [3.05, 3.63) is 0 Å². The summed E-state index contributed by atoms with van der Waals surface area (Å²) in [5.41, 5.74) is 0. The summed E-state index contributed by atoms with van der Waals surface area (Å²) in [7, 11) is 0. The lowest BCUT2D eigenvalue weighted by atomic mass is 9.95. The van der Waals surface area contributed by atoms with E-state index < -0.39 is 261 Å². The van der Waals surface area contributed by atoms with Crippen molar-refractivity contribution in [3.63, 3.8) is 0 Å². The van der Waals surface area contributed by atoms with Gasteiger partial charge in [-0.3, -0.25) is 0 Å². The monoisotopic (exact) mass is 1130 g/mol. The number of aliphatic hydroxyl groups is 21. The Labute approximate surface area is 434 Å². The van der Waals surface area contributed by atoms with E-state index in [1.165, 1.54) is 0 Å². The van der Waals surface area contributed by atoms with Crippen molar-refractivity contribution in [2.24, 2.45) is 0 Å². The molecule has 21 fully saturated rings. The third-order valence-corrected chi connectivity index (χ3v) is 14.8. The standard InChI is InChI=1S/C42H70O35/c43-1-8-29-15(50)22(57)36(64-8)72-30-9(2-44)66-38(24(59)17(30)52)74-32-11(4-46)68-40(26(61)19(32)54)76-34-13(6-48)70-42(28(63)21(34)56)77-35-14(7-49)69-41(27(62)20(35)55)75-33-12(5-47)67-39(25(60)18(33)53)73-31-10(3-45)65-37(71-29)23(58)16(31)51/h8-63H,1-7H2/t8?,9?,10?,11?,12?,13?,14?,15-,16-,17?,18?,19?,20?,21?,22?,23?,24-,25-,26-,27-,28-,29-,30-,31-,32-,33-,34-,35-,36-,37-,38-,39-,40-,41-,42-/m1/s1. The first-order valence-electron chi connectivity index (χ1n) is 24.6. The zero-order valence-corrected chi connectivity index (χ0v) is 40.3. The Morgan fingerprint density at radius 2 is 0.260 bits per heavy atom. The molecule has 21 heterocycles. The Bertz CT molecular complexity index is 1470. The van der Waals surface area contributed by atoms with Crippen LogP contribution in [0.15, 0.2) is 0 Å². The number of rotatable bonds is 7. The molecule has 448 valence electrons. The fraction of sp³-hybridized carbons (Fsp3) is 1.00. The quantitative estimate of drug-likeness (QED) is 0.113. The van der Waals surface area contributed by atoms with Crippen LogP contribution in [0, 0.1) is 0 Å². The predicted octanol–water partition coefficient (Wildman–Crippen LogP) is -15.2. The highest BCUT2D eigenvalue weighted by atomic mass is 16.8. The second-order valence-electron chi connectivity index (χ2n) is 19.7. The smallest absolute Gasteiger partial charge is 0.187 e. The van der Waals surface area contributed by atoms with Gasteiger partial charge in [-0.25, -0.2) is 0 Å². The minimum absolute atomic E-state index is 1.05. The van der Waals surface area contributed by atoms with Gasteiger partial charge in [-0.1, -0.05) is 0 Å². The fourth-order valence-corrected chi connectivity index (χ4v) is 10.4. The van der Waals surface area contributed by atoms with E-state index in [-0.39, 0.29) is 0 Å². The van der Waals surface area contributed by atoms with Crippen LogP contribution >= 0.6 is 0 Å². The molecule has 0 spiro atoms.